The molecule has 0 aromatic heterocycles. The average Bonchev–Trinajstić information content (AvgIpc) is 2.90. The number of primary amides is 1. The molecule has 0 radical (unpaired) electrons. The van der Waals surface area contributed by atoms with Gasteiger partial charge in [0.05, 0.1) is 5.41 Å². The second-order valence-electron chi connectivity index (χ2n) is 4.89. The summed E-state index contributed by atoms with van der Waals surface area (Å²) in [5.74, 6) is 0.672. The second kappa shape index (κ2) is 3.21. The van der Waals surface area contributed by atoms with Gasteiger partial charge in [-0.25, -0.2) is 0 Å². The van der Waals surface area contributed by atoms with Gasteiger partial charge in [0.2, 0.25) is 5.91 Å². The first-order chi connectivity index (χ1) is 7.73. The molecule has 0 heterocycles. The van der Waals surface area contributed by atoms with Crippen molar-refractivity contribution in [3.63, 3.8) is 0 Å². The van der Waals surface area contributed by atoms with Crippen molar-refractivity contribution in [2.24, 2.45) is 17.6 Å². The molecule has 2 N–H and O–H groups in total. The summed E-state index contributed by atoms with van der Waals surface area (Å²) in [4.78, 5) is 11.9. The predicted molar refractivity (Wildman–Crippen MR) is 62.7 cm³/mol. The van der Waals surface area contributed by atoms with Crippen LogP contribution in [0.25, 0.3) is 0 Å². The van der Waals surface area contributed by atoms with Crippen LogP contribution in [0.2, 0.25) is 0 Å². The summed E-state index contributed by atoms with van der Waals surface area (Å²) in [5.41, 5.74) is 6.32. The van der Waals surface area contributed by atoms with E-state index in [4.69, 9.17) is 5.73 Å². The Labute approximate surface area is 95.2 Å². The number of benzene rings is 1. The second-order valence-corrected chi connectivity index (χ2v) is 4.89. The number of carbonyl (C=O) groups is 1. The summed E-state index contributed by atoms with van der Waals surface area (Å²) in [6, 6.07) is 9.99. The van der Waals surface area contributed by atoms with Gasteiger partial charge in [-0.2, -0.15) is 0 Å². The molecule has 16 heavy (non-hydrogen) atoms. The lowest BCUT2D eigenvalue weighted by Crippen LogP contribution is -2.44. The van der Waals surface area contributed by atoms with Crippen molar-refractivity contribution in [2.45, 2.75) is 18.3 Å². The Balaban J connectivity index is 2.12. The Kier molecular flexibility index (Phi) is 1.93. The monoisotopic (exact) mass is 213 g/mol. The third-order valence-corrected chi connectivity index (χ3v) is 4.12. The predicted octanol–water partition coefficient (Wildman–Crippen LogP) is 2.01. The Morgan fingerprint density at radius 1 is 1.25 bits per heavy atom. The quantitative estimate of drug-likeness (QED) is 0.750. The van der Waals surface area contributed by atoms with Gasteiger partial charge in [-0.15, -0.1) is 0 Å². The van der Waals surface area contributed by atoms with Gasteiger partial charge >= 0.3 is 0 Å². The summed E-state index contributed by atoms with van der Waals surface area (Å²) < 4.78 is 0. The topological polar surface area (TPSA) is 43.1 Å². The van der Waals surface area contributed by atoms with Crippen LogP contribution in [0.4, 0.5) is 0 Å². The molecule has 2 aliphatic rings. The fraction of sp³-hybridized carbons (Fsp3) is 0.357. The number of nitrogens with two attached hydrogens (primary N) is 1. The third kappa shape index (κ3) is 1.10. The highest BCUT2D eigenvalue weighted by atomic mass is 16.1. The van der Waals surface area contributed by atoms with Crippen LogP contribution in [-0.2, 0) is 10.2 Å². The van der Waals surface area contributed by atoms with Crippen LogP contribution in [0.3, 0.4) is 0 Å². The van der Waals surface area contributed by atoms with Gasteiger partial charge in [0.25, 0.3) is 0 Å². The molecule has 0 spiro atoms. The molecule has 1 saturated carbocycles. The Hall–Kier alpha value is -1.57. The highest BCUT2D eigenvalue weighted by Gasteiger charge is 2.53. The van der Waals surface area contributed by atoms with E-state index in [1.54, 1.807) is 0 Å². The van der Waals surface area contributed by atoms with E-state index in [1.165, 1.54) is 0 Å². The third-order valence-electron chi connectivity index (χ3n) is 4.12. The van der Waals surface area contributed by atoms with Crippen molar-refractivity contribution in [1.82, 2.24) is 0 Å². The van der Waals surface area contributed by atoms with Gasteiger partial charge < -0.3 is 5.73 Å². The van der Waals surface area contributed by atoms with Gasteiger partial charge in [-0.3, -0.25) is 4.79 Å². The molecular weight excluding hydrogens is 198 g/mol. The van der Waals surface area contributed by atoms with Crippen LogP contribution in [0, 0.1) is 11.8 Å². The number of carbonyl (C=O) groups excluding carboxylic acids is 1. The van der Waals surface area contributed by atoms with E-state index in [0.29, 0.717) is 11.8 Å². The maximum atomic E-state index is 11.9. The number of amides is 1. The molecule has 3 rings (SSSR count). The number of rotatable bonds is 2. The molecule has 2 bridgehead atoms. The van der Waals surface area contributed by atoms with E-state index in [-0.39, 0.29) is 5.91 Å². The zero-order valence-corrected chi connectivity index (χ0v) is 9.10. The molecule has 2 heteroatoms. The molecule has 2 aliphatic carbocycles. The van der Waals surface area contributed by atoms with Crippen molar-refractivity contribution in [2.75, 3.05) is 0 Å². The molecule has 1 fully saturated rings. The summed E-state index contributed by atoms with van der Waals surface area (Å²) in [6.07, 6.45) is 6.37. The van der Waals surface area contributed by atoms with Crippen LogP contribution >= 0.6 is 0 Å². The van der Waals surface area contributed by atoms with Crippen LogP contribution in [0.15, 0.2) is 42.5 Å². The first kappa shape index (κ1) is 9.64. The van der Waals surface area contributed by atoms with Gasteiger partial charge in [-0.1, -0.05) is 42.5 Å². The standard InChI is InChI=1S/C14H15NO/c15-13(16)14(11-4-2-1-3-5-11)9-10-6-7-12(14)8-10/h1-7,10,12H,8-9H2,(H2,15,16)/t10-,12-,14+/m0/s1. The first-order valence-corrected chi connectivity index (χ1v) is 5.77. The minimum absolute atomic E-state index is 0.171. The summed E-state index contributed by atoms with van der Waals surface area (Å²) in [5, 5.41) is 0. The maximum absolute atomic E-state index is 11.9. The summed E-state index contributed by atoms with van der Waals surface area (Å²) in [6.45, 7) is 0. The molecule has 3 atom stereocenters. The van der Waals surface area contributed by atoms with E-state index in [2.05, 4.69) is 12.2 Å². The van der Waals surface area contributed by atoms with Gasteiger partial charge in [0.1, 0.15) is 0 Å². The largest absolute Gasteiger partial charge is 0.369 e. The lowest BCUT2D eigenvalue weighted by molar-refractivity contribution is -0.124. The number of hydrogen-bond acceptors (Lipinski definition) is 1. The van der Waals surface area contributed by atoms with Crippen LogP contribution < -0.4 is 5.73 Å². The van der Waals surface area contributed by atoms with E-state index in [0.717, 1.165) is 18.4 Å². The maximum Gasteiger partial charge on any atom is 0.228 e. The zero-order valence-electron chi connectivity index (χ0n) is 9.10. The fourth-order valence-corrected chi connectivity index (χ4v) is 3.35. The number of allylic oxidation sites excluding steroid dienone is 2. The molecule has 82 valence electrons. The molecule has 2 nitrogen and oxygen atoms in total. The van der Waals surface area contributed by atoms with E-state index in [1.807, 2.05) is 30.3 Å². The lowest BCUT2D eigenvalue weighted by atomic mass is 9.70. The first-order valence-electron chi connectivity index (χ1n) is 5.77. The zero-order chi connectivity index (χ0) is 11.2. The minimum atomic E-state index is -0.444. The Bertz CT molecular complexity index is 451. The highest BCUT2D eigenvalue weighted by Crippen LogP contribution is 2.53. The number of hydrogen-bond donors (Lipinski definition) is 1. The van der Waals surface area contributed by atoms with Crippen molar-refractivity contribution in [3.05, 3.63) is 48.0 Å². The molecule has 1 amide bonds. The van der Waals surface area contributed by atoms with Gasteiger partial charge in [0, 0.05) is 0 Å². The lowest BCUT2D eigenvalue weighted by Gasteiger charge is -2.32. The van der Waals surface area contributed by atoms with Crippen LogP contribution in [-0.4, -0.2) is 5.91 Å². The smallest absolute Gasteiger partial charge is 0.228 e. The van der Waals surface area contributed by atoms with E-state index in [9.17, 15) is 4.79 Å². The molecule has 0 unspecified atom stereocenters. The van der Waals surface area contributed by atoms with Gasteiger partial charge in [0.15, 0.2) is 0 Å². The van der Waals surface area contributed by atoms with E-state index >= 15 is 0 Å². The molecule has 1 aromatic carbocycles. The van der Waals surface area contributed by atoms with Crippen molar-refractivity contribution < 1.29 is 4.79 Å². The SMILES string of the molecule is NC(=O)[C@@]1(c2ccccc2)C[C@H]2C=C[C@H]1C2. The molecule has 1 aromatic rings. The Morgan fingerprint density at radius 2 is 2.00 bits per heavy atom. The van der Waals surface area contributed by atoms with Crippen LogP contribution in [0.5, 0.6) is 0 Å². The molecule has 0 saturated heterocycles. The van der Waals surface area contributed by atoms with Gasteiger partial charge in [-0.05, 0) is 30.2 Å². The van der Waals surface area contributed by atoms with Crippen LogP contribution in [0.1, 0.15) is 18.4 Å². The Morgan fingerprint density at radius 3 is 2.50 bits per heavy atom. The van der Waals surface area contributed by atoms with Crippen molar-refractivity contribution >= 4 is 5.91 Å². The van der Waals surface area contributed by atoms with E-state index < -0.39 is 5.41 Å². The molecular formula is C14H15NO. The highest BCUT2D eigenvalue weighted by molar-refractivity contribution is 5.88. The average molecular weight is 213 g/mol. The number of fused-ring (bicyclic) bond motifs is 2. The molecule has 0 aliphatic heterocycles. The van der Waals surface area contributed by atoms with Crippen molar-refractivity contribution in [3.8, 4) is 0 Å². The van der Waals surface area contributed by atoms with Crippen molar-refractivity contribution in [1.29, 1.82) is 0 Å². The summed E-state index contributed by atoms with van der Waals surface area (Å²) in [7, 11) is 0. The minimum Gasteiger partial charge on any atom is -0.369 e. The normalized spacial score (nSPS) is 35.5. The summed E-state index contributed by atoms with van der Waals surface area (Å²) >= 11 is 0. The fourth-order valence-electron chi connectivity index (χ4n) is 3.35.